The fourth-order valence-electron chi connectivity index (χ4n) is 3.17. The average molecular weight is 349 g/mol. The fraction of sp³-hybridized carbons (Fsp3) is 0.250. The van der Waals surface area contributed by atoms with Crippen LogP contribution in [0.25, 0.3) is 5.69 Å². The van der Waals surface area contributed by atoms with E-state index in [0.29, 0.717) is 5.56 Å². The molecule has 1 N–H and O–H groups in total. The SMILES string of the molecule is CC(NC(=O)c1ccc(-n2cnnc2)cc1)C(c1ccccc1)N(C)C. The summed E-state index contributed by atoms with van der Waals surface area (Å²) in [6, 6.07) is 17.6. The Labute approximate surface area is 153 Å². The molecule has 2 aromatic carbocycles. The van der Waals surface area contributed by atoms with E-state index in [1.165, 1.54) is 5.56 Å². The van der Waals surface area contributed by atoms with Gasteiger partial charge in [0.15, 0.2) is 0 Å². The number of likely N-dealkylation sites (N-methyl/N-ethyl adjacent to an activating group) is 1. The molecule has 1 amide bonds. The molecule has 0 bridgehead atoms. The highest BCUT2D eigenvalue weighted by Crippen LogP contribution is 2.22. The number of hydrogen-bond acceptors (Lipinski definition) is 4. The Kier molecular flexibility index (Phi) is 5.43. The highest BCUT2D eigenvalue weighted by Gasteiger charge is 2.23. The Morgan fingerprint density at radius 1 is 1.00 bits per heavy atom. The molecule has 1 aromatic heterocycles. The van der Waals surface area contributed by atoms with Gasteiger partial charge in [-0.25, -0.2) is 0 Å². The second kappa shape index (κ2) is 7.93. The van der Waals surface area contributed by atoms with E-state index in [9.17, 15) is 4.79 Å². The normalized spacial score (nSPS) is 13.4. The van der Waals surface area contributed by atoms with Gasteiger partial charge in [0.05, 0.1) is 6.04 Å². The molecular weight excluding hydrogens is 326 g/mol. The molecular formula is C20H23N5O. The predicted molar refractivity (Wildman–Crippen MR) is 101 cm³/mol. The highest BCUT2D eigenvalue weighted by molar-refractivity contribution is 5.94. The average Bonchev–Trinajstić information content (AvgIpc) is 3.17. The van der Waals surface area contributed by atoms with E-state index >= 15 is 0 Å². The quantitative estimate of drug-likeness (QED) is 0.743. The number of carbonyl (C=O) groups is 1. The first-order chi connectivity index (χ1) is 12.6. The van der Waals surface area contributed by atoms with E-state index in [-0.39, 0.29) is 18.0 Å². The lowest BCUT2D eigenvalue weighted by atomic mass is 9.99. The summed E-state index contributed by atoms with van der Waals surface area (Å²) in [4.78, 5) is 14.8. The van der Waals surface area contributed by atoms with Crippen molar-refractivity contribution in [3.05, 3.63) is 78.4 Å². The molecule has 0 radical (unpaired) electrons. The van der Waals surface area contributed by atoms with E-state index in [1.807, 2.05) is 63.5 Å². The van der Waals surface area contributed by atoms with Gasteiger partial charge in [0.2, 0.25) is 0 Å². The van der Waals surface area contributed by atoms with Crippen LogP contribution in [0.15, 0.2) is 67.3 Å². The zero-order valence-electron chi connectivity index (χ0n) is 15.2. The lowest BCUT2D eigenvalue weighted by Crippen LogP contribution is -2.42. The first-order valence-corrected chi connectivity index (χ1v) is 8.53. The summed E-state index contributed by atoms with van der Waals surface area (Å²) in [5, 5.41) is 10.7. The Morgan fingerprint density at radius 2 is 1.62 bits per heavy atom. The smallest absolute Gasteiger partial charge is 0.251 e. The number of benzene rings is 2. The predicted octanol–water partition coefficient (Wildman–Crippen LogP) is 2.69. The second-order valence-corrected chi connectivity index (χ2v) is 6.50. The van der Waals surface area contributed by atoms with E-state index in [4.69, 9.17) is 0 Å². The lowest BCUT2D eigenvalue weighted by Gasteiger charge is -2.31. The maximum absolute atomic E-state index is 12.7. The van der Waals surface area contributed by atoms with Gasteiger partial charge >= 0.3 is 0 Å². The van der Waals surface area contributed by atoms with Crippen molar-refractivity contribution in [3.63, 3.8) is 0 Å². The summed E-state index contributed by atoms with van der Waals surface area (Å²) in [6.07, 6.45) is 3.25. The third-order valence-corrected chi connectivity index (χ3v) is 4.38. The molecule has 2 atom stereocenters. The number of hydrogen-bond donors (Lipinski definition) is 1. The molecule has 6 nitrogen and oxygen atoms in total. The van der Waals surface area contributed by atoms with Gasteiger partial charge in [0, 0.05) is 17.3 Å². The Hall–Kier alpha value is -2.99. The summed E-state index contributed by atoms with van der Waals surface area (Å²) < 4.78 is 1.79. The largest absolute Gasteiger partial charge is 0.348 e. The molecule has 0 aliphatic rings. The molecule has 0 saturated heterocycles. The minimum Gasteiger partial charge on any atom is -0.348 e. The van der Waals surface area contributed by atoms with Crippen LogP contribution in [0, 0.1) is 0 Å². The van der Waals surface area contributed by atoms with Crippen LogP contribution in [0.3, 0.4) is 0 Å². The van der Waals surface area contributed by atoms with Crippen LogP contribution < -0.4 is 5.32 Å². The molecule has 0 saturated carbocycles. The standard InChI is InChI=1S/C20H23N5O/c1-15(19(24(2)3)16-7-5-4-6-8-16)23-20(26)17-9-11-18(12-10-17)25-13-21-22-14-25/h4-15,19H,1-3H3,(H,23,26). The second-order valence-electron chi connectivity index (χ2n) is 6.50. The van der Waals surface area contributed by atoms with Crippen molar-refractivity contribution in [2.45, 2.75) is 19.0 Å². The Balaban J connectivity index is 1.72. The van der Waals surface area contributed by atoms with Crippen molar-refractivity contribution in [1.29, 1.82) is 0 Å². The summed E-state index contributed by atoms with van der Waals surface area (Å²) in [5.74, 6) is -0.0874. The van der Waals surface area contributed by atoms with Crippen LogP contribution in [0.4, 0.5) is 0 Å². The molecule has 0 fully saturated rings. The molecule has 1 heterocycles. The lowest BCUT2D eigenvalue weighted by molar-refractivity contribution is 0.0915. The minimum absolute atomic E-state index is 0.0441. The van der Waals surface area contributed by atoms with Crippen LogP contribution >= 0.6 is 0 Å². The topological polar surface area (TPSA) is 63.1 Å². The summed E-state index contributed by atoms with van der Waals surface area (Å²) in [5.41, 5.74) is 2.71. The maximum Gasteiger partial charge on any atom is 0.251 e. The van der Waals surface area contributed by atoms with E-state index in [0.717, 1.165) is 5.69 Å². The summed E-state index contributed by atoms with van der Waals surface area (Å²) >= 11 is 0. The highest BCUT2D eigenvalue weighted by atomic mass is 16.1. The van der Waals surface area contributed by atoms with Crippen molar-refractivity contribution in [2.75, 3.05) is 14.1 Å². The molecule has 0 aliphatic carbocycles. The summed E-state index contributed by atoms with van der Waals surface area (Å²) in [6.45, 7) is 2.03. The van der Waals surface area contributed by atoms with Crippen LogP contribution in [0.1, 0.15) is 28.9 Å². The van der Waals surface area contributed by atoms with Gasteiger partial charge in [-0.3, -0.25) is 9.36 Å². The van der Waals surface area contributed by atoms with Crippen molar-refractivity contribution < 1.29 is 4.79 Å². The first kappa shape index (κ1) is 17.8. The molecule has 0 spiro atoms. The van der Waals surface area contributed by atoms with E-state index in [1.54, 1.807) is 17.2 Å². The maximum atomic E-state index is 12.7. The van der Waals surface area contributed by atoms with Crippen LogP contribution in [0.2, 0.25) is 0 Å². The molecule has 2 unspecified atom stereocenters. The number of nitrogens with zero attached hydrogens (tertiary/aromatic N) is 4. The van der Waals surface area contributed by atoms with Crippen LogP contribution in [-0.2, 0) is 0 Å². The molecule has 3 rings (SSSR count). The van der Waals surface area contributed by atoms with E-state index < -0.39 is 0 Å². The zero-order valence-corrected chi connectivity index (χ0v) is 15.2. The van der Waals surface area contributed by atoms with Gasteiger partial charge in [-0.05, 0) is 50.8 Å². The van der Waals surface area contributed by atoms with Gasteiger partial charge in [0.1, 0.15) is 12.7 Å². The number of rotatable bonds is 6. The third-order valence-electron chi connectivity index (χ3n) is 4.38. The Morgan fingerprint density at radius 3 is 2.19 bits per heavy atom. The molecule has 0 aliphatic heterocycles. The van der Waals surface area contributed by atoms with Crippen molar-refractivity contribution in [2.24, 2.45) is 0 Å². The van der Waals surface area contributed by atoms with Gasteiger partial charge in [-0.15, -0.1) is 10.2 Å². The third kappa shape index (κ3) is 3.97. The van der Waals surface area contributed by atoms with Crippen molar-refractivity contribution in [1.82, 2.24) is 25.0 Å². The molecule has 26 heavy (non-hydrogen) atoms. The van der Waals surface area contributed by atoms with Crippen molar-refractivity contribution >= 4 is 5.91 Å². The number of aromatic nitrogens is 3. The summed E-state index contributed by atoms with van der Waals surface area (Å²) in [7, 11) is 4.04. The molecule has 6 heteroatoms. The van der Waals surface area contributed by atoms with Gasteiger partial charge < -0.3 is 10.2 Å². The number of nitrogens with one attached hydrogen (secondary N) is 1. The van der Waals surface area contributed by atoms with Crippen molar-refractivity contribution in [3.8, 4) is 5.69 Å². The van der Waals surface area contributed by atoms with E-state index in [2.05, 4.69) is 32.5 Å². The Bertz CT molecular complexity index is 828. The van der Waals surface area contributed by atoms with Crippen LogP contribution in [-0.4, -0.2) is 45.7 Å². The first-order valence-electron chi connectivity index (χ1n) is 8.53. The van der Waals surface area contributed by atoms with Gasteiger partial charge in [-0.1, -0.05) is 30.3 Å². The molecule has 134 valence electrons. The minimum atomic E-state index is -0.0874. The van der Waals surface area contributed by atoms with Gasteiger partial charge in [-0.2, -0.15) is 0 Å². The molecule has 3 aromatic rings. The number of amides is 1. The monoisotopic (exact) mass is 349 g/mol. The fourth-order valence-corrected chi connectivity index (χ4v) is 3.17. The van der Waals surface area contributed by atoms with Gasteiger partial charge in [0.25, 0.3) is 5.91 Å². The zero-order chi connectivity index (χ0) is 18.5. The number of carbonyl (C=O) groups excluding carboxylic acids is 1. The van der Waals surface area contributed by atoms with Crippen LogP contribution in [0.5, 0.6) is 0 Å².